The zero-order valence-electron chi connectivity index (χ0n) is 8.46. The van der Waals surface area contributed by atoms with Crippen LogP contribution in [0.25, 0.3) is 0 Å². The zero-order chi connectivity index (χ0) is 12.1. The molecule has 0 amide bonds. The largest absolute Gasteiger partial charge is 0.508 e. The van der Waals surface area contributed by atoms with Crippen molar-refractivity contribution in [2.24, 2.45) is 0 Å². The number of aryl methyl sites for hydroxylation is 1. The molecule has 86 valence electrons. The van der Waals surface area contributed by atoms with Crippen LogP contribution in [0.1, 0.15) is 23.7 Å². The number of phenols is 1. The minimum Gasteiger partial charge on any atom is -0.508 e. The Morgan fingerprint density at radius 2 is 2.12 bits per heavy atom. The topological polar surface area (TPSA) is 94.8 Å². The van der Waals surface area contributed by atoms with Crippen molar-refractivity contribution in [3.8, 4) is 5.75 Å². The van der Waals surface area contributed by atoms with E-state index in [1.165, 1.54) is 12.1 Å². The highest BCUT2D eigenvalue weighted by Gasteiger charge is 2.19. The third-order valence-electron chi connectivity index (χ3n) is 2.17. The van der Waals surface area contributed by atoms with Crippen LogP contribution in [0.5, 0.6) is 5.75 Å². The highest BCUT2D eigenvalue weighted by molar-refractivity contribution is 5.75. The molecule has 1 aromatic carbocycles. The van der Waals surface area contributed by atoms with Crippen LogP contribution >= 0.6 is 0 Å². The van der Waals surface area contributed by atoms with Crippen LogP contribution in [-0.2, 0) is 16.0 Å². The van der Waals surface area contributed by atoms with Gasteiger partial charge in [-0.3, -0.25) is 0 Å². The van der Waals surface area contributed by atoms with Crippen LogP contribution in [0, 0.1) is 0 Å². The molecule has 1 aromatic rings. The summed E-state index contributed by atoms with van der Waals surface area (Å²) in [5.41, 5.74) is 0.660. The van der Waals surface area contributed by atoms with Gasteiger partial charge in [0.15, 0.2) is 6.10 Å². The van der Waals surface area contributed by atoms with Crippen LogP contribution in [0.4, 0.5) is 0 Å². The maximum Gasteiger partial charge on any atom is 0.337 e. The molecule has 0 radical (unpaired) electrons. The number of hydrogen-bond donors (Lipinski definition) is 3. The van der Waals surface area contributed by atoms with E-state index in [9.17, 15) is 19.8 Å². The van der Waals surface area contributed by atoms with Gasteiger partial charge in [0.2, 0.25) is 0 Å². The lowest BCUT2D eigenvalue weighted by molar-refractivity contribution is -0.147. The fourth-order valence-electron chi connectivity index (χ4n) is 1.33. The molecule has 16 heavy (non-hydrogen) atoms. The molecule has 0 heterocycles. The summed E-state index contributed by atoms with van der Waals surface area (Å²) in [6, 6.07) is 4.27. The molecule has 1 unspecified atom stereocenters. The second-order valence-corrected chi connectivity index (χ2v) is 3.34. The monoisotopic (exact) mass is 224 g/mol. The molecule has 1 rings (SSSR count). The van der Waals surface area contributed by atoms with Gasteiger partial charge in [-0.1, -0.05) is 12.1 Å². The summed E-state index contributed by atoms with van der Waals surface area (Å²) in [6.07, 6.45) is -0.169. The number of aliphatic hydroxyl groups is 1. The predicted molar refractivity (Wildman–Crippen MR) is 55.1 cm³/mol. The number of benzene rings is 1. The summed E-state index contributed by atoms with van der Waals surface area (Å²) in [7, 11) is 0. The summed E-state index contributed by atoms with van der Waals surface area (Å²) in [5, 5.41) is 27.3. The summed E-state index contributed by atoms with van der Waals surface area (Å²) in [6.45, 7) is 0. The third-order valence-corrected chi connectivity index (χ3v) is 2.17. The van der Waals surface area contributed by atoms with Crippen molar-refractivity contribution in [3.05, 3.63) is 29.3 Å². The number of aliphatic hydroxyl groups excluding tert-OH is 1. The average Bonchev–Trinajstić information content (AvgIpc) is 2.25. The smallest absolute Gasteiger partial charge is 0.337 e. The van der Waals surface area contributed by atoms with E-state index in [1.54, 1.807) is 6.07 Å². The van der Waals surface area contributed by atoms with Crippen molar-refractivity contribution in [2.45, 2.75) is 18.9 Å². The standard InChI is InChI=1S/C11H12O5/c12-5-1-2-7-3-4-8(9(13)6-7)10(14)11(15)16/h3-6,10,13-14H,1-2H2,(H,15,16). The fourth-order valence-corrected chi connectivity index (χ4v) is 1.33. The van der Waals surface area contributed by atoms with E-state index in [1.807, 2.05) is 0 Å². The van der Waals surface area contributed by atoms with Crippen molar-refractivity contribution in [1.82, 2.24) is 0 Å². The van der Waals surface area contributed by atoms with Gasteiger partial charge in [0.25, 0.3) is 0 Å². The molecule has 1 atom stereocenters. The van der Waals surface area contributed by atoms with E-state index in [4.69, 9.17) is 5.11 Å². The lowest BCUT2D eigenvalue weighted by atomic mass is 10.0. The maximum atomic E-state index is 10.5. The highest BCUT2D eigenvalue weighted by atomic mass is 16.4. The minimum absolute atomic E-state index is 0.0534. The first-order valence-electron chi connectivity index (χ1n) is 4.72. The number of carboxylic acids is 1. The summed E-state index contributed by atoms with van der Waals surface area (Å²) in [5.74, 6) is -1.70. The Balaban J connectivity index is 2.90. The maximum absolute atomic E-state index is 10.5. The molecule has 0 aliphatic carbocycles. The number of carboxylic acid groups (broad SMARTS) is 1. The summed E-state index contributed by atoms with van der Waals surface area (Å²) in [4.78, 5) is 20.6. The molecule has 0 bridgehead atoms. The molecule has 0 aliphatic rings. The van der Waals surface area contributed by atoms with Crippen molar-refractivity contribution in [3.63, 3.8) is 0 Å². The number of aliphatic carboxylic acids is 1. The van der Waals surface area contributed by atoms with Crippen molar-refractivity contribution >= 4 is 12.3 Å². The van der Waals surface area contributed by atoms with Crippen molar-refractivity contribution in [2.75, 3.05) is 0 Å². The third kappa shape index (κ3) is 2.80. The number of phenolic OH excluding ortho intramolecular Hbond substituents is 1. The molecule has 0 spiro atoms. The van der Waals surface area contributed by atoms with E-state index in [-0.39, 0.29) is 11.3 Å². The number of hydrogen-bond acceptors (Lipinski definition) is 4. The SMILES string of the molecule is O=CCCc1ccc(C(O)C(=O)O)c(O)c1. The first-order chi connectivity index (χ1) is 7.56. The normalized spacial score (nSPS) is 12.1. The summed E-state index contributed by atoms with van der Waals surface area (Å²) < 4.78 is 0. The highest BCUT2D eigenvalue weighted by Crippen LogP contribution is 2.25. The number of rotatable bonds is 5. The Bertz CT molecular complexity index is 399. The van der Waals surface area contributed by atoms with E-state index in [0.29, 0.717) is 18.4 Å². The summed E-state index contributed by atoms with van der Waals surface area (Å²) >= 11 is 0. The van der Waals surface area contributed by atoms with E-state index in [2.05, 4.69) is 0 Å². The van der Waals surface area contributed by atoms with Gasteiger partial charge in [-0.15, -0.1) is 0 Å². The molecule has 0 saturated heterocycles. The lowest BCUT2D eigenvalue weighted by Crippen LogP contribution is -2.10. The van der Waals surface area contributed by atoms with Gasteiger partial charge in [-0.2, -0.15) is 0 Å². The van der Waals surface area contributed by atoms with Crippen LogP contribution < -0.4 is 0 Å². The molecule has 0 saturated carbocycles. The average molecular weight is 224 g/mol. The van der Waals surface area contributed by atoms with Crippen LogP contribution in [0.2, 0.25) is 0 Å². The van der Waals surface area contributed by atoms with Gasteiger partial charge >= 0.3 is 5.97 Å². The van der Waals surface area contributed by atoms with Gasteiger partial charge in [-0.05, 0) is 18.1 Å². The molecule has 5 heteroatoms. The minimum atomic E-state index is -1.74. The van der Waals surface area contributed by atoms with E-state index >= 15 is 0 Å². The molecule has 0 fully saturated rings. The molecular formula is C11H12O5. The Morgan fingerprint density at radius 1 is 1.44 bits per heavy atom. The van der Waals surface area contributed by atoms with Gasteiger partial charge < -0.3 is 20.1 Å². The molecule has 5 nitrogen and oxygen atoms in total. The first kappa shape index (κ1) is 12.2. The van der Waals surface area contributed by atoms with Crippen LogP contribution in [0.3, 0.4) is 0 Å². The molecule has 0 aliphatic heterocycles. The van der Waals surface area contributed by atoms with Crippen LogP contribution in [0.15, 0.2) is 18.2 Å². The second-order valence-electron chi connectivity index (χ2n) is 3.34. The molecule has 3 N–H and O–H groups in total. The van der Waals surface area contributed by atoms with Gasteiger partial charge in [0.05, 0.1) is 0 Å². The lowest BCUT2D eigenvalue weighted by Gasteiger charge is -2.09. The Morgan fingerprint density at radius 3 is 2.62 bits per heavy atom. The number of aromatic hydroxyl groups is 1. The van der Waals surface area contributed by atoms with Gasteiger partial charge in [0, 0.05) is 12.0 Å². The van der Waals surface area contributed by atoms with E-state index in [0.717, 1.165) is 6.29 Å². The Labute approximate surface area is 92.0 Å². The molecule has 0 aromatic heterocycles. The second kappa shape index (κ2) is 5.27. The fraction of sp³-hybridized carbons (Fsp3) is 0.273. The quantitative estimate of drug-likeness (QED) is 0.638. The number of carbonyl (C=O) groups excluding carboxylic acids is 1. The first-order valence-corrected chi connectivity index (χ1v) is 4.72. The predicted octanol–water partition coefficient (Wildman–Crippen LogP) is 0.642. The van der Waals surface area contributed by atoms with Crippen molar-refractivity contribution < 1.29 is 24.9 Å². The molecular weight excluding hydrogens is 212 g/mol. The Kier molecular flexibility index (Phi) is 4.02. The van der Waals surface area contributed by atoms with Gasteiger partial charge in [0.1, 0.15) is 12.0 Å². The van der Waals surface area contributed by atoms with Gasteiger partial charge in [-0.25, -0.2) is 4.79 Å². The number of aldehydes is 1. The Hall–Kier alpha value is -1.88. The van der Waals surface area contributed by atoms with Crippen molar-refractivity contribution in [1.29, 1.82) is 0 Å². The number of carbonyl (C=O) groups is 2. The van der Waals surface area contributed by atoms with E-state index < -0.39 is 12.1 Å². The van der Waals surface area contributed by atoms with Crippen LogP contribution in [-0.4, -0.2) is 27.6 Å². The zero-order valence-corrected chi connectivity index (χ0v) is 8.46.